The van der Waals surface area contributed by atoms with E-state index in [0.717, 1.165) is 19.3 Å². The predicted molar refractivity (Wildman–Crippen MR) is 93.4 cm³/mol. The third-order valence-electron chi connectivity index (χ3n) is 3.78. The molecule has 0 radical (unpaired) electrons. The highest BCUT2D eigenvalue weighted by atomic mass is 31.1. The molecule has 0 aliphatic carbocycles. The Labute approximate surface area is 134 Å². The van der Waals surface area contributed by atoms with Crippen LogP contribution in [0.25, 0.3) is 0 Å². The second-order valence-electron chi connectivity index (χ2n) is 7.18. The summed E-state index contributed by atoms with van der Waals surface area (Å²) >= 11 is 0. The van der Waals surface area contributed by atoms with Crippen LogP contribution in [0.1, 0.15) is 86.0 Å². The maximum Gasteiger partial charge on any atom is 0.161 e. The standard InChI is InChI=1S/C18H37O2P/c1-6-7-8-9-10-11-18(21-19)14-20-17(12-15(2)3)13-16(4)5/h15-18H,6-14H2,1-5H3. The summed E-state index contributed by atoms with van der Waals surface area (Å²) in [6.07, 6.45) is 9.93. The highest BCUT2D eigenvalue weighted by molar-refractivity contribution is 7.24. The predicted octanol–water partition coefficient (Wildman–Crippen LogP) is 6.48. The van der Waals surface area contributed by atoms with E-state index >= 15 is 0 Å². The van der Waals surface area contributed by atoms with E-state index in [1.54, 1.807) is 0 Å². The topological polar surface area (TPSA) is 26.3 Å². The quantitative estimate of drug-likeness (QED) is 0.270. The molecule has 0 fully saturated rings. The van der Waals surface area contributed by atoms with Crippen LogP contribution in [0.4, 0.5) is 0 Å². The lowest BCUT2D eigenvalue weighted by atomic mass is 9.98. The van der Waals surface area contributed by atoms with Gasteiger partial charge < -0.3 is 4.74 Å². The van der Waals surface area contributed by atoms with Crippen molar-refractivity contribution >= 4 is 8.46 Å². The first-order chi connectivity index (χ1) is 9.99. The molecule has 21 heavy (non-hydrogen) atoms. The first kappa shape index (κ1) is 21.1. The first-order valence-electron chi connectivity index (χ1n) is 8.93. The third-order valence-corrected chi connectivity index (χ3v) is 4.49. The molecule has 0 aromatic heterocycles. The van der Waals surface area contributed by atoms with Crippen molar-refractivity contribution in [2.24, 2.45) is 11.8 Å². The maximum atomic E-state index is 11.3. The van der Waals surface area contributed by atoms with Gasteiger partial charge in [0.1, 0.15) is 0 Å². The molecule has 126 valence electrons. The lowest BCUT2D eigenvalue weighted by Gasteiger charge is -2.23. The van der Waals surface area contributed by atoms with Gasteiger partial charge >= 0.3 is 0 Å². The van der Waals surface area contributed by atoms with Gasteiger partial charge in [-0.3, -0.25) is 4.57 Å². The number of hydrogen-bond donors (Lipinski definition) is 0. The highest BCUT2D eigenvalue weighted by Gasteiger charge is 2.16. The van der Waals surface area contributed by atoms with Gasteiger partial charge in [0.25, 0.3) is 0 Å². The normalized spacial score (nSPS) is 13.7. The molecule has 0 N–H and O–H groups in total. The summed E-state index contributed by atoms with van der Waals surface area (Å²) in [5, 5.41) is 0. The smallest absolute Gasteiger partial charge is 0.161 e. The third kappa shape index (κ3) is 13.4. The minimum Gasteiger partial charge on any atom is -0.377 e. The molecule has 0 amide bonds. The Balaban J connectivity index is 3.99. The van der Waals surface area contributed by atoms with Crippen LogP contribution in [-0.2, 0) is 9.30 Å². The van der Waals surface area contributed by atoms with E-state index in [4.69, 9.17) is 4.74 Å². The fraction of sp³-hybridized carbons (Fsp3) is 1.00. The SMILES string of the molecule is CCCCCCCC(COC(CC(C)C)CC(C)C)P=O. The van der Waals surface area contributed by atoms with Crippen molar-refractivity contribution in [3.8, 4) is 0 Å². The molecule has 0 aliphatic heterocycles. The van der Waals surface area contributed by atoms with Gasteiger partial charge in [-0.1, -0.05) is 66.7 Å². The molecule has 2 nitrogen and oxygen atoms in total. The molecule has 1 unspecified atom stereocenters. The average Bonchev–Trinajstić information content (AvgIpc) is 2.40. The van der Waals surface area contributed by atoms with E-state index in [-0.39, 0.29) is 14.1 Å². The van der Waals surface area contributed by atoms with Gasteiger partial charge in [0.2, 0.25) is 0 Å². The Kier molecular flexibility index (Phi) is 13.7. The van der Waals surface area contributed by atoms with Crippen molar-refractivity contribution in [1.82, 2.24) is 0 Å². The summed E-state index contributed by atoms with van der Waals surface area (Å²) in [7, 11) is 0.258. The van der Waals surface area contributed by atoms with Gasteiger partial charge in [0.05, 0.1) is 18.4 Å². The Morgan fingerprint density at radius 3 is 1.95 bits per heavy atom. The lowest BCUT2D eigenvalue weighted by Crippen LogP contribution is -2.22. The molecule has 0 saturated heterocycles. The van der Waals surface area contributed by atoms with Gasteiger partial charge in [-0.2, -0.15) is 0 Å². The minimum atomic E-state index is 0.188. The number of ether oxygens (including phenoxy) is 1. The van der Waals surface area contributed by atoms with Crippen molar-refractivity contribution in [3.05, 3.63) is 0 Å². The van der Waals surface area contributed by atoms with E-state index < -0.39 is 0 Å². The minimum absolute atomic E-state index is 0.188. The Bertz CT molecular complexity index is 231. The average molecular weight is 316 g/mol. The van der Waals surface area contributed by atoms with Gasteiger partial charge in [-0.15, -0.1) is 0 Å². The highest BCUT2D eigenvalue weighted by Crippen LogP contribution is 2.21. The zero-order valence-electron chi connectivity index (χ0n) is 14.9. The van der Waals surface area contributed by atoms with Gasteiger partial charge in [0, 0.05) is 0 Å². The van der Waals surface area contributed by atoms with Crippen LogP contribution < -0.4 is 0 Å². The van der Waals surface area contributed by atoms with Crippen LogP contribution in [0.3, 0.4) is 0 Å². The van der Waals surface area contributed by atoms with Gasteiger partial charge in [-0.05, 0) is 31.1 Å². The molecular formula is C18H37O2P. The van der Waals surface area contributed by atoms with Crippen molar-refractivity contribution < 1.29 is 9.30 Å². The molecule has 0 bridgehead atoms. The Morgan fingerprint density at radius 1 is 0.905 bits per heavy atom. The van der Waals surface area contributed by atoms with Crippen molar-refractivity contribution in [1.29, 1.82) is 0 Å². The Hall–Kier alpha value is 0.0600. The summed E-state index contributed by atoms with van der Waals surface area (Å²) in [5.74, 6) is 1.32. The molecule has 1 atom stereocenters. The lowest BCUT2D eigenvalue weighted by molar-refractivity contribution is 0.0252. The molecule has 0 rings (SSSR count). The van der Waals surface area contributed by atoms with Crippen LogP contribution in [0.2, 0.25) is 0 Å². The van der Waals surface area contributed by atoms with Crippen molar-refractivity contribution in [3.63, 3.8) is 0 Å². The van der Waals surface area contributed by atoms with Gasteiger partial charge in [0.15, 0.2) is 8.46 Å². The largest absolute Gasteiger partial charge is 0.377 e. The molecule has 3 heteroatoms. The summed E-state index contributed by atoms with van der Waals surface area (Å²) < 4.78 is 17.4. The van der Waals surface area contributed by atoms with E-state index in [9.17, 15) is 4.57 Å². The van der Waals surface area contributed by atoms with Crippen LogP contribution in [0.15, 0.2) is 0 Å². The molecule has 0 heterocycles. The first-order valence-corrected chi connectivity index (χ1v) is 9.81. The van der Waals surface area contributed by atoms with E-state index in [2.05, 4.69) is 34.6 Å². The maximum absolute atomic E-state index is 11.3. The molecule has 0 spiro atoms. The summed E-state index contributed by atoms with van der Waals surface area (Å²) in [6, 6.07) is 0. The zero-order valence-corrected chi connectivity index (χ0v) is 15.8. The van der Waals surface area contributed by atoms with Crippen molar-refractivity contribution in [2.45, 2.75) is 97.7 Å². The van der Waals surface area contributed by atoms with Gasteiger partial charge in [-0.25, -0.2) is 0 Å². The monoisotopic (exact) mass is 316 g/mol. The fourth-order valence-electron chi connectivity index (χ4n) is 2.68. The Morgan fingerprint density at radius 2 is 1.48 bits per heavy atom. The molecule has 0 saturated carbocycles. The number of hydrogen-bond acceptors (Lipinski definition) is 2. The molecular weight excluding hydrogens is 279 g/mol. The number of unbranched alkanes of at least 4 members (excludes halogenated alkanes) is 4. The summed E-state index contributed by atoms with van der Waals surface area (Å²) in [5.41, 5.74) is 0.188. The second-order valence-corrected chi connectivity index (χ2v) is 8.12. The van der Waals surface area contributed by atoms with Crippen LogP contribution in [0, 0.1) is 11.8 Å². The summed E-state index contributed by atoms with van der Waals surface area (Å²) in [6.45, 7) is 11.9. The molecule has 0 aromatic carbocycles. The van der Waals surface area contributed by atoms with E-state index in [1.165, 1.54) is 32.1 Å². The summed E-state index contributed by atoms with van der Waals surface area (Å²) in [4.78, 5) is 0. The van der Waals surface area contributed by atoms with E-state index in [0.29, 0.717) is 24.5 Å². The second kappa shape index (κ2) is 13.7. The van der Waals surface area contributed by atoms with Crippen LogP contribution in [0.5, 0.6) is 0 Å². The van der Waals surface area contributed by atoms with Crippen molar-refractivity contribution in [2.75, 3.05) is 6.61 Å². The number of rotatable bonds is 14. The van der Waals surface area contributed by atoms with Crippen LogP contribution in [-0.4, -0.2) is 18.4 Å². The van der Waals surface area contributed by atoms with E-state index in [1.807, 2.05) is 0 Å². The molecule has 0 aromatic rings. The van der Waals surface area contributed by atoms with Crippen LogP contribution >= 0.6 is 8.46 Å². The molecule has 0 aliphatic rings. The fourth-order valence-corrected chi connectivity index (χ4v) is 3.12. The zero-order chi connectivity index (χ0) is 16.1.